The van der Waals surface area contributed by atoms with Gasteiger partial charge in [-0.2, -0.15) is 0 Å². The molecular weight excluding hydrogens is 217 g/mol. The van der Waals surface area contributed by atoms with Gasteiger partial charge in [0.15, 0.2) is 0 Å². The lowest BCUT2D eigenvalue weighted by Crippen LogP contribution is -2.23. The number of nitrogens with zero attached hydrogens (tertiary/aromatic N) is 1. The maximum Gasteiger partial charge on any atom is 0.0374 e. The van der Waals surface area contributed by atoms with Crippen molar-refractivity contribution in [1.29, 1.82) is 0 Å². The number of allylic oxidation sites excluding steroid dienone is 3. The molecule has 0 heterocycles. The third kappa shape index (κ3) is 7.43. The van der Waals surface area contributed by atoms with Gasteiger partial charge in [0, 0.05) is 10.6 Å². The Balaban J connectivity index is 3.58. The minimum atomic E-state index is 0.722. The monoisotopic (exact) mass is 235 g/mol. The van der Waals surface area contributed by atoms with Crippen LogP contribution in [0.4, 0.5) is 0 Å². The van der Waals surface area contributed by atoms with Crippen molar-refractivity contribution in [3.63, 3.8) is 0 Å². The summed E-state index contributed by atoms with van der Waals surface area (Å²) in [6, 6.07) is 0. The van der Waals surface area contributed by atoms with Crippen LogP contribution in [0.5, 0.6) is 0 Å². The average molecular weight is 236 g/mol. The predicted octanol–water partition coefficient (Wildman–Crippen LogP) is 3.98. The van der Waals surface area contributed by atoms with Crippen molar-refractivity contribution in [2.24, 2.45) is 0 Å². The fourth-order valence-corrected chi connectivity index (χ4v) is 1.60. The van der Waals surface area contributed by atoms with Gasteiger partial charge >= 0.3 is 0 Å². The molecule has 0 radical (unpaired) electrons. The summed E-state index contributed by atoms with van der Waals surface area (Å²) in [4.78, 5) is 2.40. The van der Waals surface area contributed by atoms with Crippen LogP contribution in [0.1, 0.15) is 26.7 Å². The second-order valence-electron chi connectivity index (χ2n) is 3.05. The maximum absolute atomic E-state index is 5.84. The summed E-state index contributed by atoms with van der Waals surface area (Å²) in [5.74, 6) is 0. The smallest absolute Gasteiger partial charge is 0.0374 e. The van der Waals surface area contributed by atoms with Gasteiger partial charge in [0.05, 0.1) is 0 Å². The molecule has 0 spiro atoms. The Kier molecular flexibility index (Phi) is 9.58. The third-order valence-electron chi connectivity index (χ3n) is 2.13. The van der Waals surface area contributed by atoms with Crippen molar-refractivity contribution in [1.82, 2.24) is 4.90 Å². The molecule has 0 aliphatic carbocycles. The van der Waals surface area contributed by atoms with Gasteiger partial charge in [0.1, 0.15) is 0 Å². The molecule has 82 valence electrons. The van der Waals surface area contributed by atoms with E-state index in [2.05, 4.69) is 18.7 Å². The standard InChI is InChI=1S/C11H19Cl2N/c1-3-14(4-2)10-6-5-7-11(13)8-9-12/h7-9H,3-6,10H2,1-2H3. The first-order valence-electron chi connectivity index (χ1n) is 5.09. The number of hydrogen-bond acceptors (Lipinski definition) is 1. The van der Waals surface area contributed by atoms with E-state index in [4.69, 9.17) is 23.2 Å². The Labute approximate surface area is 97.4 Å². The molecule has 0 saturated carbocycles. The van der Waals surface area contributed by atoms with Crippen LogP contribution in [0.15, 0.2) is 22.7 Å². The first-order valence-corrected chi connectivity index (χ1v) is 5.90. The van der Waals surface area contributed by atoms with Gasteiger partial charge in [0.25, 0.3) is 0 Å². The first kappa shape index (κ1) is 14.0. The van der Waals surface area contributed by atoms with Crippen LogP contribution in [-0.4, -0.2) is 24.5 Å². The fraction of sp³-hybridized carbons (Fsp3) is 0.636. The molecule has 0 fully saturated rings. The largest absolute Gasteiger partial charge is 0.304 e. The highest BCUT2D eigenvalue weighted by atomic mass is 35.5. The minimum absolute atomic E-state index is 0.722. The number of halogens is 2. The molecule has 0 aromatic rings. The number of hydrogen-bond donors (Lipinski definition) is 0. The van der Waals surface area contributed by atoms with Crippen LogP contribution in [0.2, 0.25) is 0 Å². The maximum atomic E-state index is 5.84. The van der Waals surface area contributed by atoms with Crippen molar-refractivity contribution in [3.8, 4) is 0 Å². The topological polar surface area (TPSA) is 3.24 Å². The highest BCUT2D eigenvalue weighted by Crippen LogP contribution is 2.07. The number of unbranched alkanes of at least 4 members (excludes halogenated alkanes) is 1. The molecule has 0 atom stereocenters. The zero-order chi connectivity index (χ0) is 10.8. The zero-order valence-electron chi connectivity index (χ0n) is 8.97. The van der Waals surface area contributed by atoms with E-state index in [0.717, 1.165) is 37.5 Å². The van der Waals surface area contributed by atoms with Crippen molar-refractivity contribution in [2.75, 3.05) is 19.6 Å². The Morgan fingerprint density at radius 3 is 2.43 bits per heavy atom. The van der Waals surface area contributed by atoms with E-state index in [9.17, 15) is 0 Å². The van der Waals surface area contributed by atoms with E-state index in [0.29, 0.717) is 0 Å². The summed E-state index contributed by atoms with van der Waals surface area (Å²) < 4.78 is 0. The second kappa shape index (κ2) is 9.57. The van der Waals surface area contributed by atoms with E-state index in [1.54, 1.807) is 6.08 Å². The fourth-order valence-electron chi connectivity index (χ4n) is 1.22. The molecule has 0 rings (SSSR count). The molecular formula is C11H19Cl2N. The molecule has 0 aliphatic rings. The summed E-state index contributed by atoms with van der Waals surface area (Å²) in [7, 11) is 0. The van der Waals surface area contributed by atoms with Crippen LogP contribution in [0.3, 0.4) is 0 Å². The molecule has 0 aromatic carbocycles. The second-order valence-corrected chi connectivity index (χ2v) is 3.74. The summed E-state index contributed by atoms with van der Waals surface area (Å²) in [6.07, 6.45) is 5.86. The van der Waals surface area contributed by atoms with Gasteiger partial charge < -0.3 is 4.90 Å². The molecule has 14 heavy (non-hydrogen) atoms. The molecule has 0 aromatic heterocycles. The van der Waals surface area contributed by atoms with Crippen molar-refractivity contribution in [2.45, 2.75) is 26.7 Å². The SMILES string of the molecule is CCN(CC)CCCC=C(Cl)C=CCl. The Morgan fingerprint density at radius 1 is 1.29 bits per heavy atom. The van der Waals surface area contributed by atoms with Gasteiger partial charge in [-0.3, -0.25) is 0 Å². The molecule has 0 aliphatic heterocycles. The molecule has 1 nitrogen and oxygen atoms in total. The van der Waals surface area contributed by atoms with Crippen molar-refractivity contribution < 1.29 is 0 Å². The van der Waals surface area contributed by atoms with Gasteiger partial charge in [-0.1, -0.05) is 43.1 Å². The summed E-state index contributed by atoms with van der Waals surface area (Å²) >= 11 is 11.2. The lowest BCUT2D eigenvalue weighted by atomic mass is 10.2. The van der Waals surface area contributed by atoms with Gasteiger partial charge in [-0.25, -0.2) is 0 Å². The summed E-state index contributed by atoms with van der Waals surface area (Å²) in [6.45, 7) is 7.74. The minimum Gasteiger partial charge on any atom is -0.304 e. The van der Waals surface area contributed by atoms with Crippen LogP contribution >= 0.6 is 23.2 Å². The molecule has 0 amide bonds. The normalized spacial score (nSPS) is 13.1. The van der Waals surface area contributed by atoms with Gasteiger partial charge in [-0.05, 0) is 38.6 Å². The zero-order valence-corrected chi connectivity index (χ0v) is 10.5. The Morgan fingerprint density at radius 2 is 1.93 bits per heavy atom. The highest BCUT2D eigenvalue weighted by molar-refractivity contribution is 6.32. The van der Waals surface area contributed by atoms with Crippen molar-refractivity contribution >= 4 is 23.2 Å². The Hall–Kier alpha value is 0.0200. The predicted molar refractivity (Wildman–Crippen MR) is 66.0 cm³/mol. The molecule has 0 unspecified atom stereocenters. The van der Waals surface area contributed by atoms with E-state index >= 15 is 0 Å². The Bertz CT molecular complexity index is 184. The van der Waals surface area contributed by atoms with E-state index in [-0.39, 0.29) is 0 Å². The molecule has 0 N–H and O–H groups in total. The van der Waals surface area contributed by atoms with Crippen LogP contribution in [-0.2, 0) is 0 Å². The highest BCUT2D eigenvalue weighted by Gasteiger charge is 1.96. The lowest BCUT2D eigenvalue weighted by molar-refractivity contribution is 0.301. The van der Waals surface area contributed by atoms with Crippen LogP contribution < -0.4 is 0 Å². The first-order chi connectivity index (χ1) is 6.74. The summed E-state index contributed by atoms with van der Waals surface area (Å²) in [5.41, 5.74) is 1.43. The van der Waals surface area contributed by atoms with E-state index in [1.165, 1.54) is 5.54 Å². The van der Waals surface area contributed by atoms with E-state index < -0.39 is 0 Å². The molecule has 3 heteroatoms. The molecule has 0 saturated heterocycles. The third-order valence-corrected chi connectivity index (χ3v) is 2.54. The average Bonchev–Trinajstić information content (AvgIpc) is 2.19. The van der Waals surface area contributed by atoms with Crippen LogP contribution in [0.25, 0.3) is 0 Å². The van der Waals surface area contributed by atoms with Crippen LogP contribution in [0, 0.1) is 0 Å². The van der Waals surface area contributed by atoms with Crippen molar-refractivity contribution in [3.05, 3.63) is 22.7 Å². The molecule has 0 bridgehead atoms. The summed E-state index contributed by atoms with van der Waals surface area (Å²) in [5, 5.41) is 0.722. The lowest BCUT2D eigenvalue weighted by Gasteiger charge is -2.16. The van der Waals surface area contributed by atoms with Gasteiger partial charge in [-0.15, -0.1) is 0 Å². The van der Waals surface area contributed by atoms with Gasteiger partial charge in [0.2, 0.25) is 0 Å². The van der Waals surface area contributed by atoms with E-state index in [1.807, 2.05) is 6.08 Å². The number of rotatable bonds is 7. The quantitative estimate of drug-likeness (QED) is 0.477.